The van der Waals surface area contributed by atoms with E-state index in [9.17, 15) is 0 Å². The van der Waals surface area contributed by atoms with Crippen molar-refractivity contribution in [1.82, 2.24) is 0 Å². The highest BCUT2D eigenvalue weighted by Gasteiger charge is 2.61. The van der Waals surface area contributed by atoms with Crippen molar-refractivity contribution in [1.29, 1.82) is 0 Å². The van der Waals surface area contributed by atoms with Crippen LogP contribution in [-0.2, 0) is 4.43 Å². The first-order chi connectivity index (χ1) is 14.0. The maximum atomic E-state index is 6.97. The van der Waals surface area contributed by atoms with Crippen LogP contribution in [-0.4, -0.2) is 8.32 Å². The largest absolute Gasteiger partial charge is 0.547 e. The van der Waals surface area contributed by atoms with E-state index in [1.807, 2.05) is 0 Å². The zero-order valence-corrected chi connectivity index (χ0v) is 22.4. The second-order valence-corrected chi connectivity index (χ2v) is 17.9. The highest BCUT2D eigenvalue weighted by molar-refractivity contribution is 6.70. The summed E-state index contributed by atoms with van der Waals surface area (Å²) < 4.78 is 6.97. The van der Waals surface area contributed by atoms with Gasteiger partial charge in [-0.25, -0.2) is 0 Å². The summed E-state index contributed by atoms with van der Waals surface area (Å²) in [5.74, 6) is 7.30. The second-order valence-electron chi connectivity index (χ2n) is 13.5. The molecule has 3 fully saturated rings. The molecule has 4 unspecified atom stereocenters. The van der Waals surface area contributed by atoms with Crippen LogP contribution in [0.5, 0.6) is 0 Å². The number of hydrogen-bond donors (Lipinski definition) is 0. The quantitative estimate of drug-likeness (QED) is 0.396. The molecular weight excluding hydrogens is 380 g/mol. The van der Waals surface area contributed by atoms with Gasteiger partial charge in [-0.3, -0.25) is 0 Å². The predicted molar refractivity (Wildman–Crippen MR) is 132 cm³/mol. The first-order valence-electron chi connectivity index (χ1n) is 13.4. The molecule has 30 heavy (non-hydrogen) atoms. The summed E-state index contributed by atoms with van der Waals surface area (Å²) in [5, 5.41) is 0. The molecule has 0 aromatic rings. The van der Waals surface area contributed by atoms with Crippen LogP contribution in [0.1, 0.15) is 92.4 Å². The van der Waals surface area contributed by atoms with Crippen LogP contribution in [0.4, 0.5) is 0 Å². The van der Waals surface area contributed by atoms with Crippen LogP contribution < -0.4 is 0 Å². The summed E-state index contributed by atoms with van der Waals surface area (Å²) in [6.07, 6.45) is 15.5. The average Bonchev–Trinajstić information content (AvgIpc) is 2.99. The first-order valence-corrected chi connectivity index (χ1v) is 16.8. The molecule has 0 radical (unpaired) electrons. The lowest BCUT2D eigenvalue weighted by atomic mass is 9.45. The fourth-order valence-corrected chi connectivity index (χ4v) is 9.87. The number of fused-ring (bicyclic) bond motifs is 5. The van der Waals surface area contributed by atoms with Gasteiger partial charge >= 0.3 is 0 Å². The predicted octanol–water partition coefficient (Wildman–Crippen LogP) is 8.67. The number of hydrogen-bond acceptors (Lipinski definition) is 1. The minimum atomic E-state index is -1.61. The van der Waals surface area contributed by atoms with Gasteiger partial charge < -0.3 is 4.43 Å². The van der Waals surface area contributed by atoms with Gasteiger partial charge in [0.25, 0.3) is 0 Å². The van der Waals surface area contributed by atoms with Crippen LogP contribution in [0.15, 0.2) is 11.8 Å². The van der Waals surface area contributed by atoms with Gasteiger partial charge in [0.05, 0.1) is 5.76 Å². The van der Waals surface area contributed by atoms with Gasteiger partial charge in [-0.15, -0.1) is 0 Å². The third-order valence-electron chi connectivity index (χ3n) is 10.4. The van der Waals surface area contributed by atoms with Crippen molar-refractivity contribution in [2.45, 2.75) is 112 Å². The van der Waals surface area contributed by atoms with E-state index in [0.717, 1.165) is 35.5 Å². The van der Waals surface area contributed by atoms with E-state index in [-0.39, 0.29) is 0 Å². The summed E-state index contributed by atoms with van der Waals surface area (Å²) in [4.78, 5) is 0. The summed E-state index contributed by atoms with van der Waals surface area (Å²) in [6.45, 7) is 20.0. The molecule has 0 aliphatic heterocycles. The molecule has 172 valence electrons. The Hall–Kier alpha value is -0.243. The Morgan fingerprint density at radius 2 is 1.70 bits per heavy atom. The number of rotatable bonds is 5. The molecule has 4 aliphatic rings. The van der Waals surface area contributed by atoms with Gasteiger partial charge in [-0.05, 0) is 111 Å². The molecule has 0 aromatic heterocycles. The average molecular weight is 431 g/mol. The Bertz CT molecular complexity index is 662. The summed E-state index contributed by atoms with van der Waals surface area (Å²) >= 11 is 0. The molecule has 1 nitrogen and oxygen atoms in total. The lowest BCUT2D eigenvalue weighted by molar-refractivity contribution is -0.0872. The summed E-state index contributed by atoms with van der Waals surface area (Å²) in [5.41, 5.74) is 1.04. The Morgan fingerprint density at radius 3 is 2.37 bits per heavy atom. The smallest absolute Gasteiger partial charge is 0.241 e. The molecular formula is C28H50OSi. The molecule has 0 amide bonds. The van der Waals surface area contributed by atoms with E-state index in [2.05, 4.69) is 60.3 Å². The maximum absolute atomic E-state index is 6.97. The van der Waals surface area contributed by atoms with E-state index in [4.69, 9.17) is 4.43 Å². The second kappa shape index (κ2) is 7.96. The highest BCUT2D eigenvalue weighted by Crippen LogP contribution is 2.68. The third-order valence-corrected chi connectivity index (χ3v) is 11.3. The molecule has 4 aliphatic carbocycles. The van der Waals surface area contributed by atoms with Crippen molar-refractivity contribution in [3.63, 3.8) is 0 Å². The van der Waals surface area contributed by atoms with Crippen molar-refractivity contribution < 1.29 is 4.43 Å². The Morgan fingerprint density at radius 1 is 1.03 bits per heavy atom. The van der Waals surface area contributed by atoms with E-state index in [1.165, 1.54) is 63.5 Å². The van der Waals surface area contributed by atoms with Crippen LogP contribution in [0.3, 0.4) is 0 Å². The van der Waals surface area contributed by atoms with E-state index < -0.39 is 8.32 Å². The minimum absolute atomic E-state index is 0.512. The van der Waals surface area contributed by atoms with E-state index in [1.54, 1.807) is 0 Å². The molecule has 2 heteroatoms. The van der Waals surface area contributed by atoms with Crippen molar-refractivity contribution >= 4 is 8.32 Å². The van der Waals surface area contributed by atoms with Gasteiger partial charge in [-0.1, -0.05) is 53.9 Å². The van der Waals surface area contributed by atoms with Gasteiger partial charge in [0.15, 0.2) is 0 Å². The molecule has 4 rings (SSSR count). The Balaban J connectivity index is 1.72. The minimum Gasteiger partial charge on any atom is -0.547 e. The summed E-state index contributed by atoms with van der Waals surface area (Å²) in [6, 6.07) is 0. The molecule has 0 bridgehead atoms. The molecule has 3 saturated carbocycles. The van der Waals surface area contributed by atoms with Gasteiger partial charge in [0.2, 0.25) is 8.32 Å². The van der Waals surface area contributed by atoms with Crippen molar-refractivity contribution in [3.05, 3.63) is 11.8 Å². The molecule has 0 saturated heterocycles. The SMILES string of the molecule is CCC[C@@H](C)[C@H]1CCC2C3C(O[Si](C)(C)C)=CC4C[C@H](C)CC[C@]4(C)C3CC[C@@]21C. The van der Waals surface area contributed by atoms with Crippen molar-refractivity contribution in [3.8, 4) is 0 Å². The van der Waals surface area contributed by atoms with Crippen molar-refractivity contribution in [2.24, 2.45) is 52.3 Å². The lowest BCUT2D eigenvalue weighted by Gasteiger charge is -2.60. The van der Waals surface area contributed by atoms with E-state index >= 15 is 0 Å². The molecule has 0 spiro atoms. The summed E-state index contributed by atoms with van der Waals surface area (Å²) in [7, 11) is -1.61. The lowest BCUT2D eigenvalue weighted by Crippen LogP contribution is -2.54. The van der Waals surface area contributed by atoms with Crippen LogP contribution in [0.25, 0.3) is 0 Å². The van der Waals surface area contributed by atoms with Gasteiger partial charge in [-0.2, -0.15) is 0 Å². The van der Waals surface area contributed by atoms with E-state index in [0.29, 0.717) is 16.7 Å². The fourth-order valence-electron chi connectivity index (χ4n) is 8.96. The third kappa shape index (κ3) is 3.75. The molecule has 0 N–H and O–H groups in total. The zero-order valence-electron chi connectivity index (χ0n) is 21.4. The maximum Gasteiger partial charge on any atom is 0.241 e. The number of allylic oxidation sites excluding steroid dienone is 2. The standard InChI is InChI=1S/C28H50OSi/c1-9-10-20(3)22-11-12-23-26-24(14-16-28(22,23)5)27(4)15-13-19(2)17-21(27)18-25(26)29-30(6,7)8/h18-24,26H,9-17H2,1-8H3/t19-,20-,21?,22-,23?,24?,26?,27+,28-/m1/s1. The zero-order chi connectivity index (χ0) is 21.9. The fraction of sp³-hybridized carbons (Fsp3) is 0.929. The topological polar surface area (TPSA) is 9.23 Å². The normalized spacial score (nSPS) is 47.0. The van der Waals surface area contributed by atoms with Crippen molar-refractivity contribution in [2.75, 3.05) is 0 Å². The first kappa shape index (κ1) is 22.9. The van der Waals surface area contributed by atoms with Crippen LogP contribution >= 0.6 is 0 Å². The van der Waals surface area contributed by atoms with Gasteiger partial charge in [0.1, 0.15) is 0 Å². The molecule has 0 aromatic carbocycles. The molecule has 9 atom stereocenters. The van der Waals surface area contributed by atoms with Crippen LogP contribution in [0, 0.1) is 52.3 Å². The molecule has 0 heterocycles. The van der Waals surface area contributed by atoms with Crippen LogP contribution in [0.2, 0.25) is 19.6 Å². The monoisotopic (exact) mass is 430 g/mol. The Labute approximate surface area is 188 Å². The van der Waals surface area contributed by atoms with Gasteiger partial charge in [0, 0.05) is 5.92 Å². The highest BCUT2D eigenvalue weighted by atomic mass is 28.4. The Kier molecular flexibility index (Phi) is 6.09.